The van der Waals surface area contributed by atoms with E-state index >= 15 is 0 Å². The highest BCUT2D eigenvalue weighted by atomic mass is 16.6. The first-order valence-corrected chi connectivity index (χ1v) is 20.9. The first-order chi connectivity index (χ1) is 27.4. The Kier molecular flexibility index (Phi) is 12.2. The fourth-order valence-electron chi connectivity index (χ4n) is 9.98. The summed E-state index contributed by atoms with van der Waals surface area (Å²) in [5.41, 5.74) is 2.14. The maximum Gasteiger partial charge on any atom is 0.302 e. The monoisotopic (exact) mass is 776 g/mol. The number of hydrogen-bond donors (Lipinski definition) is 0. The molecule has 12 heteroatoms. The van der Waals surface area contributed by atoms with Crippen LogP contribution >= 0.6 is 0 Å². The Bertz CT molecular complexity index is 1610. The number of ether oxygens (including phenoxy) is 10. The van der Waals surface area contributed by atoms with E-state index in [1.54, 1.807) is 0 Å². The van der Waals surface area contributed by atoms with E-state index in [4.69, 9.17) is 47.4 Å². The van der Waals surface area contributed by atoms with Crippen molar-refractivity contribution in [2.45, 2.75) is 176 Å². The summed E-state index contributed by atoms with van der Waals surface area (Å²) in [5.74, 6) is -0.446. The van der Waals surface area contributed by atoms with Crippen molar-refractivity contribution < 1.29 is 57.0 Å². The molecule has 7 aliphatic heterocycles. The van der Waals surface area contributed by atoms with Crippen LogP contribution in [-0.4, -0.2) is 117 Å². The molecule has 0 amide bonds. The number of esters is 1. The summed E-state index contributed by atoms with van der Waals surface area (Å²) in [6, 6.07) is 20.1. The van der Waals surface area contributed by atoms with Gasteiger partial charge in [0.15, 0.2) is 5.78 Å². The van der Waals surface area contributed by atoms with Gasteiger partial charge in [0.25, 0.3) is 0 Å². The molecule has 15 atom stereocenters. The molecular weight excluding hydrogens is 720 g/mol. The predicted molar refractivity (Wildman–Crippen MR) is 200 cm³/mol. The molecule has 2 aromatic carbocycles. The zero-order chi connectivity index (χ0) is 38.0. The summed E-state index contributed by atoms with van der Waals surface area (Å²) >= 11 is 0. The molecule has 0 aromatic heterocycles. The van der Waals surface area contributed by atoms with Gasteiger partial charge in [-0.25, -0.2) is 0 Å². The van der Waals surface area contributed by atoms with Crippen molar-refractivity contribution in [3.05, 3.63) is 71.8 Å². The lowest BCUT2D eigenvalue weighted by Crippen LogP contribution is -2.59. The van der Waals surface area contributed by atoms with Gasteiger partial charge in [-0.1, -0.05) is 60.7 Å². The molecule has 0 N–H and O–H groups in total. The van der Waals surface area contributed by atoms with Crippen LogP contribution in [0.5, 0.6) is 0 Å². The number of ketones is 1. The summed E-state index contributed by atoms with van der Waals surface area (Å²) in [4.78, 5) is 26.2. The molecule has 56 heavy (non-hydrogen) atoms. The minimum absolute atomic E-state index is 0.0270. The van der Waals surface area contributed by atoms with Gasteiger partial charge in [-0.3, -0.25) is 9.59 Å². The van der Waals surface area contributed by atoms with Crippen LogP contribution < -0.4 is 0 Å². The van der Waals surface area contributed by atoms with Crippen LogP contribution in [0.25, 0.3) is 0 Å². The van der Waals surface area contributed by atoms with Crippen LogP contribution in [0.1, 0.15) is 82.3 Å². The Morgan fingerprint density at radius 1 is 0.625 bits per heavy atom. The lowest BCUT2D eigenvalue weighted by molar-refractivity contribution is -0.272. The smallest absolute Gasteiger partial charge is 0.302 e. The molecular formula is C44H56O12. The average molecular weight is 777 g/mol. The van der Waals surface area contributed by atoms with Crippen molar-refractivity contribution in [3.8, 4) is 0 Å². The van der Waals surface area contributed by atoms with E-state index in [-0.39, 0.29) is 85.8 Å². The van der Waals surface area contributed by atoms with Crippen molar-refractivity contribution in [2.75, 3.05) is 13.2 Å². The van der Waals surface area contributed by atoms with Gasteiger partial charge in [-0.15, -0.1) is 0 Å². The van der Waals surface area contributed by atoms with Gasteiger partial charge in [0.2, 0.25) is 0 Å². The van der Waals surface area contributed by atoms with Gasteiger partial charge in [-0.05, 0) is 36.8 Å². The van der Waals surface area contributed by atoms with E-state index in [9.17, 15) is 9.59 Å². The minimum atomic E-state index is -0.741. The number of hydrogen-bond acceptors (Lipinski definition) is 12. The molecule has 7 heterocycles. The first-order valence-electron chi connectivity index (χ1n) is 20.9. The zero-order valence-corrected chi connectivity index (χ0v) is 32.2. The third kappa shape index (κ3) is 8.94. The molecule has 7 fully saturated rings. The molecule has 0 unspecified atom stereocenters. The van der Waals surface area contributed by atoms with E-state index < -0.39 is 30.4 Å². The Morgan fingerprint density at radius 2 is 1.21 bits per heavy atom. The van der Waals surface area contributed by atoms with E-state index in [2.05, 4.69) is 0 Å². The van der Waals surface area contributed by atoms with E-state index in [0.29, 0.717) is 39.1 Å². The third-order valence-electron chi connectivity index (χ3n) is 12.8. The van der Waals surface area contributed by atoms with Gasteiger partial charge in [0, 0.05) is 52.1 Å². The summed E-state index contributed by atoms with van der Waals surface area (Å²) in [6.07, 6.45) is 2.87. The quantitative estimate of drug-likeness (QED) is 0.295. The molecule has 9 rings (SSSR count). The highest BCUT2D eigenvalue weighted by molar-refractivity contribution is 5.84. The highest BCUT2D eigenvalue weighted by Crippen LogP contribution is 2.43. The van der Waals surface area contributed by atoms with Crippen molar-refractivity contribution in [1.29, 1.82) is 0 Å². The van der Waals surface area contributed by atoms with Crippen LogP contribution in [0.2, 0.25) is 0 Å². The second-order valence-electron chi connectivity index (χ2n) is 16.7. The predicted octanol–water partition coefficient (Wildman–Crippen LogP) is 5.19. The minimum Gasteiger partial charge on any atom is -0.460 e. The molecule has 0 radical (unpaired) electrons. The van der Waals surface area contributed by atoms with Crippen molar-refractivity contribution >= 4 is 11.8 Å². The lowest BCUT2D eigenvalue weighted by atomic mass is 9.85. The fraction of sp³-hybridized carbons (Fsp3) is 0.682. The van der Waals surface area contributed by atoms with Crippen LogP contribution in [-0.2, 0) is 70.2 Å². The van der Waals surface area contributed by atoms with Crippen molar-refractivity contribution in [2.24, 2.45) is 0 Å². The summed E-state index contributed by atoms with van der Waals surface area (Å²) < 4.78 is 64.5. The zero-order valence-electron chi connectivity index (χ0n) is 32.2. The van der Waals surface area contributed by atoms with Gasteiger partial charge in [-0.2, -0.15) is 0 Å². The summed E-state index contributed by atoms with van der Waals surface area (Å²) in [7, 11) is 0. The molecule has 7 saturated heterocycles. The average Bonchev–Trinajstić information content (AvgIpc) is 3.37. The maximum absolute atomic E-state index is 13.8. The van der Waals surface area contributed by atoms with Crippen molar-refractivity contribution in [1.82, 2.24) is 0 Å². The van der Waals surface area contributed by atoms with Crippen LogP contribution in [0.3, 0.4) is 0 Å². The largest absolute Gasteiger partial charge is 0.460 e. The Hall–Kier alpha value is -2.78. The molecule has 0 spiro atoms. The van der Waals surface area contributed by atoms with Crippen LogP contribution in [0.4, 0.5) is 0 Å². The van der Waals surface area contributed by atoms with Gasteiger partial charge in [0.05, 0.1) is 93.1 Å². The van der Waals surface area contributed by atoms with Crippen LogP contribution in [0.15, 0.2) is 60.7 Å². The second kappa shape index (κ2) is 17.6. The Morgan fingerprint density at radius 3 is 1.96 bits per heavy atom. The van der Waals surface area contributed by atoms with E-state index in [1.807, 2.05) is 60.7 Å². The van der Waals surface area contributed by atoms with Gasteiger partial charge >= 0.3 is 5.97 Å². The third-order valence-corrected chi connectivity index (χ3v) is 12.8. The molecule has 0 bridgehead atoms. The maximum atomic E-state index is 13.8. The standard InChI is InChI=1S/C44H56O12/c1-26(45)50-39-22-42-43(21-38-32(52-42)15-14-31-37(54-38)19-34-30(51-31)13-8-16-48-34)55-40(39)18-33-29(46)17-36-41(53-33)20-35(49-24-28-11-6-3-7-12-28)44(56-36)25-47-23-27-9-4-2-5-10-27/h2-7,9-12,30-44H,8,13-25H2,1H3/t30-,31+,32-,33-,34+,35-,36-,37-,38+,39-,40+,41+,42+,43-,44+/m0/s1. The number of benzene rings is 2. The number of carbonyl (C=O) groups excluding carboxylic acids is 2. The summed E-state index contributed by atoms with van der Waals surface area (Å²) in [5, 5.41) is 0. The fourth-order valence-corrected chi connectivity index (χ4v) is 9.98. The molecule has 0 saturated carbocycles. The number of Topliss-reactive ketones (excluding diaryl/α,β-unsaturated/α-hetero) is 1. The normalized spacial score (nSPS) is 40.8. The Balaban J connectivity index is 0.850. The van der Waals surface area contributed by atoms with Gasteiger partial charge < -0.3 is 47.4 Å². The number of fused-ring (bicyclic) bond motifs is 5. The molecule has 0 aliphatic carbocycles. The molecule has 12 nitrogen and oxygen atoms in total. The van der Waals surface area contributed by atoms with Gasteiger partial charge in [0.1, 0.15) is 18.3 Å². The van der Waals surface area contributed by atoms with Crippen molar-refractivity contribution in [3.63, 3.8) is 0 Å². The highest BCUT2D eigenvalue weighted by Gasteiger charge is 2.53. The lowest BCUT2D eigenvalue weighted by Gasteiger charge is -2.49. The Labute approximate surface area is 329 Å². The van der Waals surface area contributed by atoms with Crippen LogP contribution in [0, 0.1) is 0 Å². The molecule has 7 aliphatic rings. The number of rotatable bonds is 10. The summed E-state index contributed by atoms with van der Waals surface area (Å²) in [6.45, 7) is 3.38. The topological polar surface area (TPSA) is 126 Å². The number of carbonyl (C=O) groups is 2. The SMILES string of the molecule is CC(=O)O[C@H]1C[C@H]2O[C@H]3CC[C@H]4O[C@H]5CCCO[C@@H]5C[C@@H]4O[C@@H]3C[C@@H]2O[C@@H]1C[C@@H]1O[C@@H]2C[C@H](OCc3ccccc3)[C@@H](COCc3ccccc3)O[C@H]2CC1=O. The molecule has 2 aromatic rings. The first kappa shape index (κ1) is 38.7. The van der Waals surface area contributed by atoms with E-state index in [0.717, 1.165) is 49.8 Å². The molecule has 304 valence electrons. The second-order valence-corrected chi connectivity index (χ2v) is 16.7. The van der Waals surface area contributed by atoms with E-state index in [1.165, 1.54) is 6.92 Å².